The maximum absolute atomic E-state index is 14.4. The van der Waals surface area contributed by atoms with E-state index < -0.39 is 0 Å². The molecule has 0 spiro atoms. The predicted molar refractivity (Wildman–Crippen MR) is 116 cm³/mol. The van der Waals surface area contributed by atoms with Gasteiger partial charge in [-0.25, -0.2) is 4.39 Å². The van der Waals surface area contributed by atoms with Crippen molar-refractivity contribution in [2.75, 3.05) is 18.9 Å². The highest BCUT2D eigenvalue weighted by atomic mass is 19.1. The van der Waals surface area contributed by atoms with Gasteiger partial charge in [-0.3, -0.25) is 14.5 Å². The average Bonchev–Trinajstić information content (AvgIpc) is 3.49. The number of nitrogens with two attached hydrogens (primary N) is 1. The van der Waals surface area contributed by atoms with Gasteiger partial charge in [0, 0.05) is 74.0 Å². The van der Waals surface area contributed by atoms with Crippen LogP contribution in [-0.2, 0) is 24.3 Å². The van der Waals surface area contributed by atoms with E-state index in [2.05, 4.69) is 15.0 Å². The second-order valence-electron chi connectivity index (χ2n) is 7.92. The molecule has 3 N–H and O–H groups in total. The van der Waals surface area contributed by atoms with Crippen molar-refractivity contribution in [3.05, 3.63) is 47.0 Å². The fourth-order valence-electron chi connectivity index (χ4n) is 3.86. The number of amides is 1. The first-order valence-corrected chi connectivity index (χ1v) is 10.2. The maximum Gasteiger partial charge on any atom is 0.219 e. The van der Waals surface area contributed by atoms with Crippen molar-refractivity contribution in [1.29, 1.82) is 0 Å². The van der Waals surface area contributed by atoms with Crippen LogP contribution in [-0.4, -0.2) is 40.4 Å². The van der Waals surface area contributed by atoms with Gasteiger partial charge in [-0.2, -0.15) is 5.10 Å². The summed E-state index contributed by atoms with van der Waals surface area (Å²) in [6.07, 6.45) is 6.14. The van der Waals surface area contributed by atoms with Crippen LogP contribution < -0.4 is 11.1 Å². The molecule has 0 bridgehead atoms. The van der Waals surface area contributed by atoms with Crippen molar-refractivity contribution in [3.8, 4) is 0 Å². The zero-order valence-electron chi connectivity index (χ0n) is 17.4. The van der Waals surface area contributed by atoms with E-state index in [-0.39, 0.29) is 11.7 Å². The van der Waals surface area contributed by atoms with Crippen molar-refractivity contribution >= 4 is 29.2 Å². The summed E-state index contributed by atoms with van der Waals surface area (Å²) in [6, 6.07) is 4.78. The molecule has 1 amide bonds. The highest BCUT2D eigenvalue weighted by Gasteiger charge is 2.29. The molecule has 0 unspecified atom stereocenters. The van der Waals surface area contributed by atoms with Crippen LogP contribution in [0.4, 0.5) is 15.9 Å². The van der Waals surface area contributed by atoms with Gasteiger partial charge in [0.25, 0.3) is 0 Å². The normalized spacial score (nSPS) is 16.8. The number of carbonyl (C=O) groups is 1. The van der Waals surface area contributed by atoms with E-state index in [4.69, 9.17) is 10.8 Å². The van der Waals surface area contributed by atoms with Crippen LogP contribution in [0.25, 0.3) is 5.57 Å². The number of carbonyl (C=O) groups excluding carboxylic acids is 1. The lowest BCUT2D eigenvalue weighted by molar-refractivity contribution is -0.129. The predicted octanol–water partition coefficient (Wildman–Crippen LogP) is 3.08. The van der Waals surface area contributed by atoms with Gasteiger partial charge in [0.1, 0.15) is 5.82 Å². The summed E-state index contributed by atoms with van der Waals surface area (Å²) in [5.74, 6) is 1.09. The van der Waals surface area contributed by atoms with Gasteiger partial charge in [0.05, 0.1) is 6.54 Å². The van der Waals surface area contributed by atoms with E-state index in [0.29, 0.717) is 35.8 Å². The van der Waals surface area contributed by atoms with Crippen molar-refractivity contribution < 1.29 is 9.18 Å². The summed E-state index contributed by atoms with van der Waals surface area (Å²) in [5, 5.41) is 8.17. The van der Waals surface area contributed by atoms with Crippen LogP contribution in [0.1, 0.15) is 36.6 Å². The molecule has 8 heteroatoms. The number of aromatic nitrogens is 2. The van der Waals surface area contributed by atoms with Crippen LogP contribution in [0.2, 0.25) is 0 Å². The zero-order valence-corrected chi connectivity index (χ0v) is 17.4. The quantitative estimate of drug-likeness (QED) is 0.717. The minimum absolute atomic E-state index is 0.0576. The van der Waals surface area contributed by atoms with E-state index >= 15 is 0 Å². The van der Waals surface area contributed by atoms with Gasteiger partial charge in [0.2, 0.25) is 5.91 Å². The van der Waals surface area contributed by atoms with Crippen LogP contribution in [0.15, 0.2) is 29.4 Å². The van der Waals surface area contributed by atoms with E-state index in [1.807, 2.05) is 4.90 Å². The minimum atomic E-state index is -0.374. The Morgan fingerprint density at radius 3 is 2.90 bits per heavy atom. The third-order valence-corrected chi connectivity index (χ3v) is 5.70. The Kier molecular flexibility index (Phi) is 5.57. The van der Waals surface area contributed by atoms with Crippen molar-refractivity contribution in [1.82, 2.24) is 14.7 Å². The number of allylic oxidation sites excluding steroid dienone is 1. The first-order chi connectivity index (χ1) is 14.5. The molecule has 1 aliphatic carbocycles. The molecule has 1 fully saturated rings. The summed E-state index contributed by atoms with van der Waals surface area (Å²) in [6.45, 7) is 3.74. The van der Waals surface area contributed by atoms with Gasteiger partial charge in [-0.05, 0) is 37.0 Å². The molecular weight excluding hydrogens is 383 g/mol. The molecule has 4 rings (SSSR count). The standard InChI is InChI=1S/C22H27FN6O/c1-14(30)28-8-7-21-19(13-28)22(27-29(21)12-15-3-4-15)26-17-5-6-20(23)18(9-17)16(10-24)11-25-2/h5-6,9-11,15H,3-4,7-8,12-13,24H2,1-2H3,(H,26,27). The third kappa shape index (κ3) is 4.08. The number of nitrogens with one attached hydrogen (secondary N) is 1. The topological polar surface area (TPSA) is 88.5 Å². The monoisotopic (exact) mass is 410 g/mol. The summed E-state index contributed by atoms with van der Waals surface area (Å²) < 4.78 is 16.5. The van der Waals surface area contributed by atoms with E-state index in [0.717, 1.165) is 24.3 Å². The van der Waals surface area contributed by atoms with Gasteiger partial charge in [-0.1, -0.05) is 0 Å². The fraction of sp³-hybridized carbons (Fsp3) is 0.409. The Bertz CT molecular complexity index is 1020. The Morgan fingerprint density at radius 1 is 1.43 bits per heavy atom. The Balaban J connectivity index is 1.67. The molecule has 0 atom stereocenters. The van der Waals surface area contributed by atoms with Crippen LogP contribution in [0.3, 0.4) is 0 Å². The lowest BCUT2D eigenvalue weighted by Gasteiger charge is -2.26. The highest BCUT2D eigenvalue weighted by Crippen LogP contribution is 2.34. The molecule has 30 heavy (non-hydrogen) atoms. The molecule has 1 aliphatic heterocycles. The molecule has 2 aromatic rings. The van der Waals surface area contributed by atoms with Crippen LogP contribution in [0.5, 0.6) is 0 Å². The molecule has 1 aromatic heterocycles. The number of hydrogen-bond acceptors (Lipinski definition) is 5. The first-order valence-electron chi connectivity index (χ1n) is 10.2. The molecule has 158 valence electrons. The van der Waals surface area contributed by atoms with Gasteiger partial charge < -0.3 is 16.0 Å². The molecule has 1 saturated carbocycles. The molecule has 7 nitrogen and oxygen atoms in total. The number of nitrogens with zero attached hydrogens (tertiary/aromatic N) is 4. The van der Waals surface area contributed by atoms with Crippen molar-refractivity contribution in [3.63, 3.8) is 0 Å². The van der Waals surface area contributed by atoms with Gasteiger partial charge in [-0.15, -0.1) is 0 Å². The summed E-state index contributed by atoms with van der Waals surface area (Å²) in [5.41, 5.74) is 9.45. The number of halogens is 1. The number of rotatable bonds is 6. The second kappa shape index (κ2) is 8.30. The minimum Gasteiger partial charge on any atom is -0.404 e. The van der Waals surface area contributed by atoms with Crippen molar-refractivity contribution in [2.45, 2.75) is 39.3 Å². The lowest BCUT2D eigenvalue weighted by Crippen LogP contribution is -2.34. The van der Waals surface area contributed by atoms with E-state index in [9.17, 15) is 9.18 Å². The van der Waals surface area contributed by atoms with Crippen LogP contribution >= 0.6 is 0 Å². The second-order valence-corrected chi connectivity index (χ2v) is 7.92. The molecule has 0 radical (unpaired) electrons. The zero-order chi connectivity index (χ0) is 21.3. The largest absolute Gasteiger partial charge is 0.404 e. The van der Waals surface area contributed by atoms with Gasteiger partial charge in [0.15, 0.2) is 5.82 Å². The number of fused-ring (bicyclic) bond motifs is 1. The molecule has 0 saturated heterocycles. The Hall–Kier alpha value is -3.16. The van der Waals surface area contributed by atoms with Gasteiger partial charge >= 0.3 is 0 Å². The summed E-state index contributed by atoms with van der Waals surface area (Å²) >= 11 is 0. The summed E-state index contributed by atoms with van der Waals surface area (Å²) in [7, 11) is 1.61. The Labute approximate surface area is 175 Å². The molecular formula is C22H27FN6O. The third-order valence-electron chi connectivity index (χ3n) is 5.70. The van der Waals surface area contributed by atoms with E-state index in [1.165, 1.54) is 37.0 Å². The molecule has 2 aliphatic rings. The highest BCUT2D eigenvalue weighted by molar-refractivity contribution is 6.10. The maximum atomic E-state index is 14.4. The molecule has 2 heterocycles. The fourth-order valence-corrected chi connectivity index (χ4v) is 3.86. The number of anilines is 2. The number of hydrogen-bond donors (Lipinski definition) is 2. The van der Waals surface area contributed by atoms with Crippen LogP contribution in [0, 0.1) is 11.7 Å². The Morgan fingerprint density at radius 2 is 2.23 bits per heavy atom. The smallest absolute Gasteiger partial charge is 0.219 e. The average molecular weight is 410 g/mol. The lowest BCUT2D eigenvalue weighted by atomic mass is 10.1. The number of benzene rings is 1. The number of aliphatic imine (C=N–C) groups is 1. The molecule has 1 aromatic carbocycles. The summed E-state index contributed by atoms with van der Waals surface area (Å²) in [4.78, 5) is 17.7. The first kappa shape index (κ1) is 20.1. The van der Waals surface area contributed by atoms with Crippen molar-refractivity contribution in [2.24, 2.45) is 16.6 Å². The van der Waals surface area contributed by atoms with E-state index in [1.54, 1.807) is 26.1 Å². The SMILES string of the molecule is CN=CC(=CN)c1cc(Nc2nn(CC3CC3)c3c2CN(C(C)=O)CC3)ccc1F.